The van der Waals surface area contributed by atoms with Crippen LogP contribution >= 0.6 is 0 Å². The zero-order valence-corrected chi connectivity index (χ0v) is 15.8. The lowest BCUT2D eigenvalue weighted by molar-refractivity contribution is -0.126. The molecule has 4 heteroatoms. The van der Waals surface area contributed by atoms with Gasteiger partial charge in [-0.15, -0.1) is 0 Å². The molecule has 2 unspecified atom stereocenters. The van der Waals surface area contributed by atoms with E-state index in [0.29, 0.717) is 6.61 Å². The summed E-state index contributed by atoms with van der Waals surface area (Å²) in [6, 6.07) is 18.4. The lowest BCUT2D eigenvalue weighted by Gasteiger charge is -2.32. The molecule has 2 aromatic carbocycles. The summed E-state index contributed by atoms with van der Waals surface area (Å²) >= 11 is 0. The maximum atomic E-state index is 12.7. The number of amides is 1. The number of ether oxygens (including phenoxy) is 1. The summed E-state index contributed by atoms with van der Waals surface area (Å²) in [6.45, 7) is 2.66. The number of carbonyl (C=O) groups excluding carboxylic acids is 1. The molecule has 0 heterocycles. The molecule has 1 saturated carbocycles. The average molecular weight is 362 g/mol. The number of nitriles is 1. The molecule has 0 saturated heterocycles. The van der Waals surface area contributed by atoms with Crippen molar-refractivity contribution in [3.8, 4) is 22.9 Å². The number of rotatable bonds is 6. The van der Waals surface area contributed by atoms with Gasteiger partial charge in [-0.1, -0.05) is 55.3 Å². The number of carbonyl (C=O) groups is 1. The van der Waals surface area contributed by atoms with Crippen LogP contribution in [0.5, 0.6) is 5.75 Å². The second-order valence-electron chi connectivity index (χ2n) is 6.89. The smallest absolute Gasteiger partial charge is 0.224 e. The molecule has 4 nitrogen and oxygen atoms in total. The Balaban J connectivity index is 2.00. The molecule has 1 aliphatic carbocycles. The number of nitrogens with one attached hydrogen (secondary N) is 1. The molecule has 0 radical (unpaired) electrons. The first-order valence-electron chi connectivity index (χ1n) is 9.72. The van der Waals surface area contributed by atoms with Gasteiger partial charge in [0.15, 0.2) is 0 Å². The number of benzene rings is 2. The van der Waals surface area contributed by atoms with E-state index in [9.17, 15) is 4.79 Å². The van der Waals surface area contributed by atoms with Crippen molar-refractivity contribution in [3.63, 3.8) is 0 Å². The highest BCUT2D eigenvalue weighted by Gasteiger charge is 2.33. The number of hydrogen-bond acceptors (Lipinski definition) is 3. The van der Waals surface area contributed by atoms with Crippen LogP contribution in [-0.2, 0) is 4.79 Å². The van der Waals surface area contributed by atoms with Crippen LogP contribution in [-0.4, -0.2) is 19.1 Å². The first kappa shape index (κ1) is 19.0. The highest BCUT2D eigenvalue weighted by molar-refractivity contribution is 5.81. The fourth-order valence-corrected chi connectivity index (χ4v) is 4.11. The van der Waals surface area contributed by atoms with Gasteiger partial charge in [-0.3, -0.25) is 4.79 Å². The summed E-state index contributed by atoms with van der Waals surface area (Å²) < 4.78 is 5.85. The fraction of sp³-hybridized carbons (Fsp3) is 0.391. The van der Waals surface area contributed by atoms with Gasteiger partial charge in [-0.25, -0.2) is 0 Å². The Hall–Kier alpha value is -2.80. The standard InChI is InChI=1S/C23H26N2O2/c1-2-27-22-14-8-7-12-20(22)18-10-4-3-9-17(18)19-11-5-6-13-21(19)23(26)25-16-15-24/h3-4,7-10,12,14,19,21H,2,5-6,11,13,16H2,1H3,(H,25,26). The third-order valence-electron chi connectivity index (χ3n) is 5.28. The Kier molecular flexibility index (Phi) is 6.49. The molecule has 1 aliphatic rings. The fourth-order valence-electron chi connectivity index (χ4n) is 4.11. The van der Waals surface area contributed by atoms with Crippen molar-refractivity contribution in [2.24, 2.45) is 5.92 Å². The van der Waals surface area contributed by atoms with Crippen LogP contribution in [0.15, 0.2) is 48.5 Å². The van der Waals surface area contributed by atoms with Crippen LogP contribution in [0.3, 0.4) is 0 Å². The molecule has 0 spiro atoms. The summed E-state index contributed by atoms with van der Waals surface area (Å²) in [5.74, 6) is 0.929. The van der Waals surface area contributed by atoms with E-state index in [1.165, 1.54) is 5.56 Å². The SMILES string of the molecule is CCOc1ccccc1-c1ccccc1C1CCCCC1C(=O)NCC#N. The van der Waals surface area contributed by atoms with E-state index in [0.717, 1.165) is 42.6 Å². The predicted molar refractivity (Wildman–Crippen MR) is 106 cm³/mol. The van der Waals surface area contributed by atoms with E-state index < -0.39 is 0 Å². The first-order valence-corrected chi connectivity index (χ1v) is 9.72. The quantitative estimate of drug-likeness (QED) is 0.760. The molecule has 140 valence electrons. The molecule has 2 aromatic rings. The summed E-state index contributed by atoms with van der Waals surface area (Å²) in [4.78, 5) is 12.7. The van der Waals surface area contributed by atoms with Crippen LogP contribution in [0.1, 0.15) is 44.1 Å². The monoisotopic (exact) mass is 362 g/mol. The van der Waals surface area contributed by atoms with Crippen LogP contribution in [0.4, 0.5) is 0 Å². The lowest BCUT2D eigenvalue weighted by atomic mass is 9.73. The van der Waals surface area contributed by atoms with E-state index >= 15 is 0 Å². The Morgan fingerprint density at radius 3 is 2.59 bits per heavy atom. The van der Waals surface area contributed by atoms with Gasteiger partial charge in [0.1, 0.15) is 12.3 Å². The Morgan fingerprint density at radius 1 is 1.11 bits per heavy atom. The minimum absolute atomic E-state index is 0.00542. The Morgan fingerprint density at radius 2 is 1.81 bits per heavy atom. The van der Waals surface area contributed by atoms with Crippen molar-refractivity contribution in [1.82, 2.24) is 5.32 Å². The highest BCUT2D eigenvalue weighted by atomic mass is 16.5. The molecule has 27 heavy (non-hydrogen) atoms. The topological polar surface area (TPSA) is 62.1 Å². The van der Waals surface area contributed by atoms with Crippen LogP contribution in [0.25, 0.3) is 11.1 Å². The third kappa shape index (κ3) is 4.31. The molecule has 1 N–H and O–H groups in total. The van der Waals surface area contributed by atoms with E-state index in [1.807, 2.05) is 43.3 Å². The van der Waals surface area contributed by atoms with E-state index in [2.05, 4.69) is 23.5 Å². The van der Waals surface area contributed by atoms with E-state index in [-0.39, 0.29) is 24.3 Å². The molecule has 0 aliphatic heterocycles. The molecule has 1 fully saturated rings. The van der Waals surface area contributed by atoms with Gasteiger partial charge in [0, 0.05) is 11.5 Å². The van der Waals surface area contributed by atoms with Gasteiger partial charge in [-0.05, 0) is 42.9 Å². The molecule has 1 amide bonds. The van der Waals surface area contributed by atoms with Gasteiger partial charge < -0.3 is 10.1 Å². The summed E-state index contributed by atoms with van der Waals surface area (Å²) in [5.41, 5.74) is 3.39. The van der Waals surface area contributed by atoms with Crippen LogP contribution in [0, 0.1) is 17.2 Å². The predicted octanol–water partition coefficient (Wildman–Crippen LogP) is 4.67. The second-order valence-corrected chi connectivity index (χ2v) is 6.89. The summed E-state index contributed by atoms with van der Waals surface area (Å²) in [5, 5.41) is 11.6. The summed E-state index contributed by atoms with van der Waals surface area (Å²) in [6.07, 6.45) is 4.02. The first-order chi connectivity index (χ1) is 13.3. The number of hydrogen-bond donors (Lipinski definition) is 1. The van der Waals surface area contributed by atoms with Crippen LogP contribution < -0.4 is 10.1 Å². The molecule has 2 atom stereocenters. The highest BCUT2D eigenvalue weighted by Crippen LogP contribution is 2.43. The lowest BCUT2D eigenvalue weighted by Crippen LogP contribution is -2.36. The summed E-state index contributed by atoms with van der Waals surface area (Å²) in [7, 11) is 0. The zero-order valence-electron chi connectivity index (χ0n) is 15.8. The average Bonchev–Trinajstić information content (AvgIpc) is 2.73. The van der Waals surface area contributed by atoms with Crippen molar-refractivity contribution < 1.29 is 9.53 Å². The van der Waals surface area contributed by atoms with Gasteiger partial charge in [0.25, 0.3) is 0 Å². The minimum atomic E-state index is -0.0903. The van der Waals surface area contributed by atoms with Crippen molar-refractivity contribution in [3.05, 3.63) is 54.1 Å². The molecule has 3 rings (SSSR count). The third-order valence-corrected chi connectivity index (χ3v) is 5.28. The van der Waals surface area contributed by atoms with Crippen LogP contribution in [0.2, 0.25) is 0 Å². The zero-order chi connectivity index (χ0) is 19.1. The molecular formula is C23H26N2O2. The normalized spacial score (nSPS) is 19.1. The molecule has 0 bridgehead atoms. The van der Waals surface area contributed by atoms with Gasteiger partial charge in [0.05, 0.1) is 12.7 Å². The minimum Gasteiger partial charge on any atom is -0.493 e. The number of nitrogens with zero attached hydrogens (tertiary/aromatic N) is 1. The molecule has 0 aromatic heterocycles. The van der Waals surface area contributed by atoms with E-state index in [1.54, 1.807) is 0 Å². The van der Waals surface area contributed by atoms with Crippen molar-refractivity contribution in [2.45, 2.75) is 38.5 Å². The second kappa shape index (κ2) is 9.23. The van der Waals surface area contributed by atoms with Gasteiger partial charge >= 0.3 is 0 Å². The van der Waals surface area contributed by atoms with Crippen molar-refractivity contribution in [2.75, 3.05) is 13.2 Å². The van der Waals surface area contributed by atoms with Gasteiger partial charge in [-0.2, -0.15) is 5.26 Å². The maximum absolute atomic E-state index is 12.7. The number of para-hydroxylation sites is 1. The van der Waals surface area contributed by atoms with E-state index in [4.69, 9.17) is 10.00 Å². The Labute approximate surface area is 161 Å². The maximum Gasteiger partial charge on any atom is 0.224 e. The Bertz CT molecular complexity index is 825. The van der Waals surface area contributed by atoms with Gasteiger partial charge in [0.2, 0.25) is 5.91 Å². The van der Waals surface area contributed by atoms with Crippen molar-refractivity contribution in [1.29, 1.82) is 5.26 Å². The van der Waals surface area contributed by atoms with Crippen molar-refractivity contribution >= 4 is 5.91 Å². The largest absolute Gasteiger partial charge is 0.493 e. The molecular weight excluding hydrogens is 336 g/mol.